The fourth-order valence-corrected chi connectivity index (χ4v) is 4.10. The van der Waals surface area contributed by atoms with Crippen molar-refractivity contribution in [2.24, 2.45) is 11.3 Å². The van der Waals surface area contributed by atoms with Gasteiger partial charge in [0, 0.05) is 24.8 Å². The van der Waals surface area contributed by atoms with Gasteiger partial charge >= 0.3 is 12.1 Å². The smallest absolute Gasteiger partial charge is 0.321 e. The second-order valence-corrected chi connectivity index (χ2v) is 10.2. The highest BCUT2D eigenvalue weighted by Crippen LogP contribution is 2.24. The molecule has 0 unspecified atom stereocenters. The molecule has 1 rings (SSSR count). The van der Waals surface area contributed by atoms with E-state index in [1.165, 1.54) is 21.6 Å². The molecule has 1 aliphatic carbocycles. The summed E-state index contributed by atoms with van der Waals surface area (Å²) in [5.74, 6) is 0.110. The van der Waals surface area contributed by atoms with Gasteiger partial charge in [-0.3, -0.25) is 20.2 Å². The zero-order valence-corrected chi connectivity index (χ0v) is 17.8. The number of urea groups is 2. The van der Waals surface area contributed by atoms with Crippen LogP contribution in [0.15, 0.2) is 0 Å². The fourth-order valence-electron chi connectivity index (χ4n) is 2.36. The highest BCUT2D eigenvalue weighted by atomic mass is 33.1. The first-order valence-corrected chi connectivity index (χ1v) is 11.6. The Hall–Kier alpha value is -1.42. The highest BCUT2D eigenvalue weighted by Gasteiger charge is 2.23. The summed E-state index contributed by atoms with van der Waals surface area (Å²) in [5.41, 5.74) is -0.0496. The van der Waals surface area contributed by atoms with Crippen molar-refractivity contribution in [1.29, 1.82) is 0 Å². The zero-order chi connectivity index (χ0) is 20.3. The predicted octanol–water partition coefficient (Wildman–Crippen LogP) is 2.26. The maximum Gasteiger partial charge on any atom is 0.321 e. The maximum absolute atomic E-state index is 11.8. The van der Waals surface area contributed by atoms with Crippen LogP contribution >= 0.6 is 21.6 Å². The van der Waals surface area contributed by atoms with E-state index < -0.39 is 12.1 Å². The average molecular weight is 419 g/mol. The van der Waals surface area contributed by atoms with Gasteiger partial charge in [-0.05, 0) is 18.3 Å². The van der Waals surface area contributed by atoms with Crippen LogP contribution in [0.2, 0.25) is 0 Å². The summed E-state index contributed by atoms with van der Waals surface area (Å²) in [7, 11) is 2.71. The lowest BCUT2D eigenvalue weighted by molar-refractivity contribution is -0.123. The molecule has 0 saturated heterocycles. The third-order valence-corrected chi connectivity index (χ3v) is 6.01. The Balaban J connectivity index is 2.01. The Morgan fingerprint density at radius 3 is 2.19 bits per heavy atom. The second kappa shape index (κ2) is 12.1. The van der Waals surface area contributed by atoms with Gasteiger partial charge in [-0.25, -0.2) is 9.59 Å². The Labute approximate surface area is 168 Å². The fraction of sp³-hybridized carbons (Fsp3) is 0.765. The van der Waals surface area contributed by atoms with Gasteiger partial charge in [-0.15, -0.1) is 0 Å². The number of nitrogens with one attached hydrogen (secondary N) is 4. The van der Waals surface area contributed by atoms with Crippen molar-refractivity contribution in [2.45, 2.75) is 46.5 Å². The summed E-state index contributed by atoms with van der Waals surface area (Å²) in [5, 5.41) is 9.89. The lowest BCUT2D eigenvalue weighted by Crippen LogP contribution is -2.43. The molecule has 0 spiro atoms. The molecular weight excluding hydrogens is 388 g/mol. The van der Waals surface area contributed by atoms with E-state index in [-0.39, 0.29) is 28.9 Å². The lowest BCUT2D eigenvalue weighted by Gasteiger charge is -2.18. The molecule has 0 aromatic rings. The van der Waals surface area contributed by atoms with Gasteiger partial charge in [0.15, 0.2) is 0 Å². The van der Waals surface area contributed by atoms with Crippen molar-refractivity contribution in [3.8, 4) is 0 Å². The van der Waals surface area contributed by atoms with Crippen LogP contribution in [0, 0.1) is 11.3 Å². The molecule has 1 saturated carbocycles. The van der Waals surface area contributed by atoms with E-state index in [0.717, 1.165) is 25.7 Å². The van der Waals surface area contributed by atoms with Gasteiger partial charge in [0.2, 0.25) is 11.8 Å². The van der Waals surface area contributed by atoms with Crippen LogP contribution in [-0.2, 0) is 9.59 Å². The van der Waals surface area contributed by atoms with Gasteiger partial charge in [0.25, 0.3) is 0 Å². The molecule has 0 radical (unpaired) electrons. The molecule has 1 aliphatic rings. The summed E-state index contributed by atoms with van der Waals surface area (Å²) in [6.45, 7) is 6.82. The average Bonchev–Trinajstić information content (AvgIpc) is 3.10. The van der Waals surface area contributed by atoms with Crippen LogP contribution < -0.4 is 21.3 Å². The van der Waals surface area contributed by atoms with Crippen molar-refractivity contribution in [2.75, 3.05) is 24.6 Å². The summed E-state index contributed by atoms with van der Waals surface area (Å²) >= 11 is 0. The van der Waals surface area contributed by atoms with Crippen molar-refractivity contribution in [3.63, 3.8) is 0 Å². The largest absolute Gasteiger partial charge is 0.337 e. The highest BCUT2D eigenvalue weighted by molar-refractivity contribution is 8.76. The summed E-state index contributed by atoms with van der Waals surface area (Å²) in [4.78, 5) is 46.6. The first-order valence-electron chi connectivity index (χ1n) is 9.08. The van der Waals surface area contributed by atoms with Crippen molar-refractivity contribution < 1.29 is 19.2 Å². The topological polar surface area (TPSA) is 116 Å². The molecule has 0 aliphatic heterocycles. The predicted molar refractivity (Wildman–Crippen MR) is 109 cm³/mol. The first kappa shape index (κ1) is 23.6. The zero-order valence-electron chi connectivity index (χ0n) is 16.2. The molecular formula is C17H30N4O4S2. The van der Waals surface area contributed by atoms with Crippen molar-refractivity contribution >= 4 is 45.5 Å². The molecule has 154 valence electrons. The summed E-state index contributed by atoms with van der Waals surface area (Å²) in [6.07, 6.45) is 3.78. The van der Waals surface area contributed by atoms with Crippen molar-refractivity contribution in [3.05, 3.63) is 0 Å². The number of rotatable bonds is 8. The van der Waals surface area contributed by atoms with E-state index in [2.05, 4.69) is 21.3 Å². The van der Waals surface area contributed by atoms with Crippen LogP contribution in [-0.4, -0.2) is 48.5 Å². The Morgan fingerprint density at radius 2 is 1.56 bits per heavy atom. The molecule has 0 aromatic heterocycles. The molecule has 1 fully saturated rings. The van der Waals surface area contributed by atoms with E-state index in [1.807, 2.05) is 20.8 Å². The van der Waals surface area contributed by atoms with Crippen LogP contribution in [0.1, 0.15) is 46.5 Å². The monoisotopic (exact) mass is 418 g/mol. The van der Waals surface area contributed by atoms with Gasteiger partial charge in [-0.1, -0.05) is 55.2 Å². The van der Waals surface area contributed by atoms with Crippen LogP contribution in [0.4, 0.5) is 9.59 Å². The number of carbonyl (C=O) groups is 4. The van der Waals surface area contributed by atoms with Crippen LogP contribution in [0.5, 0.6) is 0 Å². The Bertz CT molecular complexity index is 532. The molecule has 0 bridgehead atoms. The number of amides is 6. The van der Waals surface area contributed by atoms with Gasteiger partial charge in [-0.2, -0.15) is 0 Å². The first-order chi connectivity index (χ1) is 12.7. The van der Waals surface area contributed by atoms with E-state index in [4.69, 9.17) is 0 Å². The Kier molecular flexibility index (Phi) is 10.6. The molecule has 4 N–H and O–H groups in total. The third kappa shape index (κ3) is 11.8. The molecule has 6 amide bonds. The van der Waals surface area contributed by atoms with Crippen LogP contribution in [0.25, 0.3) is 0 Å². The molecule has 0 atom stereocenters. The maximum atomic E-state index is 11.8. The van der Waals surface area contributed by atoms with Gasteiger partial charge in [0.1, 0.15) is 0 Å². The summed E-state index contributed by atoms with van der Waals surface area (Å²) in [6, 6.07) is -0.975. The quantitative estimate of drug-likeness (QED) is 0.355. The molecule has 0 heterocycles. The van der Waals surface area contributed by atoms with Gasteiger partial charge in [0.05, 0.1) is 5.75 Å². The normalized spacial score (nSPS) is 14.5. The molecule has 0 aromatic carbocycles. The van der Waals surface area contributed by atoms with E-state index in [0.29, 0.717) is 18.8 Å². The summed E-state index contributed by atoms with van der Waals surface area (Å²) < 4.78 is 0. The van der Waals surface area contributed by atoms with Gasteiger partial charge < -0.3 is 10.6 Å². The SMILES string of the molecule is CC(C)(C)CNC(=O)NC(=O)CSSCCNC(=O)NC(=O)C1CCCC1. The Morgan fingerprint density at radius 1 is 0.926 bits per heavy atom. The third-order valence-electron chi connectivity index (χ3n) is 3.74. The number of hydrogen-bond donors (Lipinski definition) is 4. The van der Waals surface area contributed by atoms with E-state index >= 15 is 0 Å². The van der Waals surface area contributed by atoms with Crippen molar-refractivity contribution in [1.82, 2.24) is 21.3 Å². The second-order valence-electron chi connectivity index (χ2n) is 7.60. The van der Waals surface area contributed by atoms with E-state index in [1.54, 1.807) is 0 Å². The number of imide groups is 2. The molecule has 8 nitrogen and oxygen atoms in total. The lowest BCUT2D eigenvalue weighted by atomic mass is 9.97. The molecule has 27 heavy (non-hydrogen) atoms. The number of hydrogen-bond acceptors (Lipinski definition) is 6. The minimum atomic E-state index is -0.495. The minimum absolute atomic E-state index is 0.0419. The standard InChI is InChI=1S/C17H30N4O4S2/c1-17(2,3)11-19-16(25)20-13(22)10-27-26-9-8-18-15(24)21-14(23)12-6-4-5-7-12/h12H,4-11H2,1-3H3,(H2,18,21,23,24)(H2,19,20,22,25). The van der Waals surface area contributed by atoms with Crippen LogP contribution in [0.3, 0.4) is 0 Å². The minimum Gasteiger partial charge on any atom is -0.337 e. The van der Waals surface area contributed by atoms with E-state index in [9.17, 15) is 19.2 Å². The molecule has 10 heteroatoms. The number of carbonyl (C=O) groups excluding carboxylic acids is 4.